The van der Waals surface area contributed by atoms with Gasteiger partial charge in [0.05, 0.1) is 10.2 Å². The number of carbonyl (C=O) groups excluding carboxylic acids is 1. The van der Waals surface area contributed by atoms with E-state index in [1.807, 2.05) is 24.3 Å². The van der Waals surface area contributed by atoms with Crippen molar-refractivity contribution in [2.75, 3.05) is 0 Å². The number of aromatic nitrogens is 5. The third kappa shape index (κ3) is 2.74. The van der Waals surface area contributed by atoms with Crippen LogP contribution in [0, 0.1) is 0 Å². The first-order valence-electron chi connectivity index (χ1n) is 5.52. The first-order chi connectivity index (χ1) is 9.31. The van der Waals surface area contributed by atoms with Gasteiger partial charge in [0.15, 0.2) is 0 Å². The number of fused-ring (bicyclic) bond motifs is 1. The Bertz CT molecular complexity index is 661. The molecule has 3 rings (SSSR count). The number of hydrogen-bond donors (Lipinski definition) is 0. The molecule has 7 nitrogen and oxygen atoms in total. The summed E-state index contributed by atoms with van der Waals surface area (Å²) in [5, 5.41) is 11.2. The van der Waals surface area contributed by atoms with Crippen molar-refractivity contribution in [3.8, 4) is 0 Å². The van der Waals surface area contributed by atoms with Crippen LogP contribution < -0.4 is 0 Å². The van der Waals surface area contributed by atoms with E-state index in [0.717, 1.165) is 15.2 Å². The average Bonchev–Trinajstić information content (AvgIpc) is 3.04. The lowest BCUT2D eigenvalue weighted by Crippen LogP contribution is -2.14. The highest BCUT2D eigenvalue weighted by atomic mass is 32.1. The van der Waals surface area contributed by atoms with Crippen molar-refractivity contribution in [3.05, 3.63) is 35.6 Å². The molecule has 0 N–H and O–H groups in total. The molecule has 0 aliphatic heterocycles. The molecule has 0 amide bonds. The topological polar surface area (TPSA) is 82.8 Å². The van der Waals surface area contributed by atoms with Crippen molar-refractivity contribution < 1.29 is 9.53 Å². The smallest absolute Gasteiger partial charge is 0.328 e. The van der Waals surface area contributed by atoms with E-state index < -0.39 is 5.97 Å². The summed E-state index contributed by atoms with van der Waals surface area (Å²) in [7, 11) is 0. The van der Waals surface area contributed by atoms with E-state index in [2.05, 4.69) is 20.5 Å². The molecule has 96 valence electrons. The second-order valence-electron chi connectivity index (χ2n) is 3.74. The first kappa shape index (κ1) is 11.7. The summed E-state index contributed by atoms with van der Waals surface area (Å²) in [4.78, 5) is 15.9. The highest BCUT2D eigenvalue weighted by Crippen LogP contribution is 2.21. The molecule has 2 aromatic heterocycles. The van der Waals surface area contributed by atoms with Crippen molar-refractivity contribution in [1.29, 1.82) is 0 Å². The van der Waals surface area contributed by atoms with Gasteiger partial charge in [-0.2, -0.15) is 0 Å². The third-order valence-corrected chi connectivity index (χ3v) is 3.39. The van der Waals surface area contributed by atoms with Crippen molar-refractivity contribution in [2.24, 2.45) is 0 Å². The lowest BCUT2D eigenvalue weighted by molar-refractivity contribution is -0.145. The molecule has 0 saturated carbocycles. The van der Waals surface area contributed by atoms with Crippen molar-refractivity contribution >= 4 is 27.5 Å². The summed E-state index contributed by atoms with van der Waals surface area (Å²) < 4.78 is 7.51. The molecule has 8 heteroatoms. The molecular formula is C11H9N5O2S. The predicted octanol–water partition coefficient (Wildman–Crippen LogP) is 1.03. The average molecular weight is 275 g/mol. The Kier molecular flexibility index (Phi) is 3.15. The van der Waals surface area contributed by atoms with Crippen LogP contribution in [-0.2, 0) is 22.7 Å². The van der Waals surface area contributed by atoms with Gasteiger partial charge in [-0.25, -0.2) is 9.67 Å². The minimum atomic E-state index is -0.397. The van der Waals surface area contributed by atoms with Crippen molar-refractivity contribution in [1.82, 2.24) is 25.2 Å². The summed E-state index contributed by atoms with van der Waals surface area (Å²) in [6.45, 7) is 0.165. The van der Waals surface area contributed by atoms with E-state index in [-0.39, 0.29) is 13.2 Å². The van der Waals surface area contributed by atoms with Gasteiger partial charge in [0.1, 0.15) is 24.5 Å². The van der Waals surface area contributed by atoms with Crippen LogP contribution in [0.15, 0.2) is 30.6 Å². The van der Waals surface area contributed by atoms with E-state index in [1.54, 1.807) is 0 Å². The lowest BCUT2D eigenvalue weighted by Gasteiger charge is -2.01. The molecule has 0 aliphatic carbocycles. The van der Waals surface area contributed by atoms with E-state index in [0.29, 0.717) is 0 Å². The highest BCUT2D eigenvalue weighted by molar-refractivity contribution is 7.18. The normalized spacial score (nSPS) is 10.7. The molecule has 0 saturated heterocycles. The molecule has 1 aromatic carbocycles. The Hall–Kier alpha value is -2.35. The molecular weight excluding hydrogens is 266 g/mol. The van der Waals surface area contributed by atoms with E-state index >= 15 is 0 Å². The number of benzene rings is 1. The maximum atomic E-state index is 11.5. The van der Waals surface area contributed by atoms with Crippen LogP contribution in [0.5, 0.6) is 0 Å². The lowest BCUT2D eigenvalue weighted by atomic mass is 10.3. The predicted molar refractivity (Wildman–Crippen MR) is 67.2 cm³/mol. The summed E-state index contributed by atoms with van der Waals surface area (Å²) >= 11 is 1.51. The molecule has 0 bridgehead atoms. The van der Waals surface area contributed by atoms with Crippen LogP contribution in [0.25, 0.3) is 10.2 Å². The number of ether oxygens (including phenoxy) is 1. The number of para-hydroxylation sites is 1. The molecule has 2 heterocycles. The third-order valence-electron chi connectivity index (χ3n) is 2.38. The van der Waals surface area contributed by atoms with Crippen molar-refractivity contribution in [3.63, 3.8) is 0 Å². The molecule has 0 unspecified atom stereocenters. The van der Waals surface area contributed by atoms with Gasteiger partial charge in [-0.05, 0) is 22.6 Å². The zero-order valence-electron chi connectivity index (χ0n) is 9.76. The number of hydrogen-bond acceptors (Lipinski definition) is 7. The standard InChI is InChI=1S/C11H9N5O2S/c17-11(5-16-7-12-14-15-16)18-6-10-13-8-3-1-2-4-9(8)19-10/h1-4,7H,5-6H2. The van der Waals surface area contributed by atoms with Gasteiger partial charge in [0, 0.05) is 0 Å². The van der Waals surface area contributed by atoms with Crippen molar-refractivity contribution in [2.45, 2.75) is 13.2 Å². The number of nitrogens with zero attached hydrogens (tertiary/aromatic N) is 5. The summed E-state index contributed by atoms with van der Waals surface area (Å²) in [6.07, 6.45) is 1.36. The number of tetrazole rings is 1. The number of esters is 1. The number of thiazole rings is 1. The van der Waals surface area contributed by atoms with Gasteiger partial charge in [0.2, 0.25) is 0 Å². The number of carbonyl (C=O) groups is 1. The van der Waals surface area contributed by atoms with Gasteiger partial charge < -0.3 is 4.74 Å². The molecule has 0 aliphatic rings. The maximum absolute atomic E-state index is 11.5. The fraction of sp³-hybridized carbons (Fsp3) is 0.182. The van der Waals surface area contributed by atoms with Crippen LogP contribution in [0.1, 0.15) is 5.01 Å². The van der Waals surface area contributed by atoms with Gasteiger partial charge in [0.25, 0.3) is 0 Å². The van der Waals surface area contributed by atoms with Crippen LogP contribution in [0.4, 0.5) is 0 Å². The Morgan fingerprint density at radius 3 is 3.05 bits per heavy atom. The van der Waals surface area contributed by atoms with Crippen LogP contribution in [0.2, 0.25) is 0 Å². The minimum absolute atomic E-state index is 0.00209. The van der Waals surface area contributed by atoms with E-state index in [4.69, 9.17) is 4.74 Å². The maximum Gasteiger partial charge on any atom is 0.328 e. The van der Waals surface area contributed by atoms with Crippen LogP contribution in [-0.4, -0.2) is 31.2 Å². The fourth-order valence-electron chi connectivity index (χ4n) is 1.55. The monoisotopic (exact) mass is 275 g/mol. The van der Waals surface area contributed by atoms with Crippen LogP contribution >= 0.6 is 11.3 Å². The summed E-state index contributed by atoms with van der Waals surface area (Å²) in [5.74, 6) is -0.397. The van der Waals surface area contributed by atoms with Gasteiger partial charge in [-0.15, -0.1) is 16.4 Å². The van der Waals surface area contributed by atoms with Gasteiger partial charge in [-0.3, -0.25) is 4.79 Å². The molecule has 0 spiro atoms. The Balaban J connectivity index is 1.61. The molecule has 19 heavy (non-hydrogen) atoms. The Labute approximate surface area is 111 Å². The molecule has 0 atom stereocenters. The second kappa shape index (κ2) is 5.11. The quantitative estimate of drug-likeness (QED) is 0.661. The SMILES string of the molecule is O=C(Cn1cnnn1)OCc1nc2ccccc2s1. The van der Waals surface area contributed by atoms with E-state index in [9.17, 15) is 4.79 Å². The largest absolute Gasteiger partial charge is 0.457 e. The van der Waals surface area contributed by atoms with E-state index in [1.165, 1.54) is 22.3 Å². The molecule has 0 radical (unpaired) electrons. The summed E-state index contributed by atoms with van der Waals surface area (Å²) in [6, 6.07) is 7.79. The molecule has 0 fully saturated rings. The zero-order chi connectivity index (χ0) is 13.1. The minimum Gasteiger partial charge on any atom is -0.457 e. The number of rotatable bonds is 4. The zero-order valence-corrected chi connectivity index (χ0v) is 10.6. The first-order valence-corrected chi connectivity index (χ1v) is 6.34. The van der Waals surface area contributed by atoms with Crippen LogP contribution in [0.3, 0.4) is 0 Å². The second-order valence-corrected chi connectivity index (χ2v) is 4.86. The highest BCUT2D eigenvalue weighted by Gasteiger charge is 2.08. The Morgan fingerprint density at radius 2 is 2.26 bits per heavy atom. The van der Waals surface area contributed by atoms with Gasteiger partial charge in [-0.1, -0.05) is 12.1 Å². The fourth-order valence-corrected chi connectivity index (χ4v) is 2.44. The van der Waals surface area contributed by atoms with Gasteiger partial charge >= 0.3 is 5.97 Å². The Morgan fingerprint density at radius 1 is 1.37 bits per heavy atom. The molecule has 3 aromatic rings. The summed E-state index contributed by atoms with van der Waals surface area (Å²) in [5.41, 5.74) is 0.916.